The second-order valence-electron chi connectivity index (χ2n) is 4.95. The summed E-state index contributed by atoms with van der Waals surface area (Å²) in [5.41, 5.74) is 0.521. The van der Waals surface area contributed by atoms with Crippen molar-refractivity contribution in [2.75, 3.05) is 19.7 Å². The third-order valence-electron chi connectivity index (χ3n) is 3.18. The van der Waals surface area contributed by atoms with Crippen LogP contribution in [0.15, 0.2) is 42.5 Å². The van der Waals surface area contributed by atoms with Crippen LogP contribution in [0.25, 0.3) is 0 Å². The predicted molar refractivity (Wildman–Crippen MR) is 83.4 cm³/mol. The van der Waals surface area contributed by atoms with Crippen molar-refractivity contribution in [2.45, 2.75) is 6.42 Å². The first kappa shape index (κ1) is 17.7. The zero-order valence-corrected chi connectivity index (χ0v) is 12.8. The second-order valence-corrected chi connectivity index (χ2v) is 4.95. The van der Waals surface area contributed by atoms with Crippen molar-refractivity contribution in [2.24, 2.45) is 0 Å². The van der Waals surface area contributed by atoms with Crippen molar-refractivity contribution in [3.05, 3.63) is 65.5 Å². The summed E-state index contributed by atoms with van der Waals surface area (Å²) < 4.78 is 44.5. The molecule has 0 heterocycles. The fourth-order valence-corrected chi connectivity index (χ4v) is 1.99. The Kier molecular flexibility index (Phi) is 6.48. The second kappa shape index (κ2) is 8.81. The molecule has 4 nitrogen and oxygen atoms in total. The number of hydrogen-bond donors (Lipinski definition) is 2. The Hall–Kier alpha value is -2.70. The Morgan fingerprint density at radius 2 is 1.71 bits per heavy atom. The van der Waals surface area contributed by atoms with Crippen molar-refractivity contribution in [3.63, 3.8) is 0 Å². The highest BCUT2D eigenvalue weighted by Crippen LogP contribution is 2.17. The molecule has 24 heavy (non-hydrogen) atoms. The first-order valence-corrected chi connectivity index (χ1v) is 7.39. The molecule has 0 radical (unpaired) electrons. The van der Waals surface area contributed by atoms with Gasteiger partial charge in [-0.1, -0.05) is 18.2 Å². The SMILES string of the molecule is O=C(NCCOc1ccc(F)cc1F)NCCc1ccccc1F. The summed E-state index contributed by atoms with van der Waals surface area (Å²) in [5.74, 6) is -1.89. The molecule has 2 amide bonds. The molecule has 0 fully saturated rings. The smallest absolute Gasteiger partial charge is 0.314 e. The lowest BCUT2D eigenvalue weighted by Gasteiger charge is -2.10. The Bertz CT molecular complexity index is 695. The van der Waals surface area contributed by atoms with Crippen LogP contribution < -0.4 is 15.4 Å². The van der Waals surface area contributed by atoms with Gasteiger partial charge in [0.15, 0.2) is 11.6 Å². The van der Waals surface area contributed by atoms with Crippen LogP contribution in [0.3, 0.4) is 0 Å². The number of carbonyl (C=O) groups is 1. The molecule has 0 aliphatic heterocycles. The van der Waals surface area contributed by atoms with Crippen LogP contribution in [0.1, 0.15) is 5.56 Å². The highest BCUT2D eigenvalue weighted by molar-refractivity contribution is 5.73. The lowest BCUT2D eigenvalue weighted by molar-refractivity contribution is 0.236. The van der Waals surface area contributed by atoms with E-state index in [0.717, 1.165) is 12.1 Å². The molecular formula is C17H17F3N2O2. The summed E-state index contributed by atoms with van der Waals surface area (Å²) in [7, 11) is 0. The van der Waals surface area contributed by atoms with Crippen LogP contribution in [0.4, 0.5) is 18.0 Å². The number of hydrogen-bond acceptors (Lipinski definition) is 2. The van der Waals surface area contributed by atoms with E-state index in [1.807, 2.05) is 0 Å². The van der Waals surface area contributed by atoms with Crippen LogP contribution in [0.5, 0.6) is 5.75 Å². The molecular weight excluding hydrogens is 321 g/mol. The van der Waals surface area contributed by atoms with Gasteiger partial charge in [-0.05, 0) is 30.2 Å². The lowest BCUT2D eigenvalue weighted by Crippen LogP contribution is -2.38. The number of ether oxygens (including phenoxy) is 1. The van der Waals surface area contributed by atoms with E-state index in [2.05, 4.69) is 10.6 Å². The van der Waals surface area contributed by atoms with Crippen molar-refractivity contribution < 1.29 is 22.7 Å². The number of nitrogens with one attached hydrogen (secondary N) is 2. The van der Waals surface area contributed by atoms with Gasteiger partial charge in [0.1, 0.15) is 18.2 Å². The van der Waals surface area contributed by atoms with Gasteiger partial charge in [0, 0.05) is 12.6 Å². The van der Waals surface area contributed by atoms with E-state index >= 15 is 0 Å². The highest BCUT2D eigenvalue weighted by Gasteiger charge is 2.05. The van der Waals surface area contributed by atoms with E-state index in [0.29, 0.717) is 12.0 Å². The van der Waals surface area contributed by atoms with Crippen LogP contribution in [-0.4, -0.2) is 25.7 Å². The molecule has 2 aromatic rings. The Morgan fingerprint density at radius 1 is 0.958 bits per heavy atom. The van der Waals surface area contributed by atoms with Gasteiger partial charge >= 0.3 is 6.03 Å². The number of rotatable bonds is 7. The van der Waals surface area contributed by atoms with Gasteiger partial charge in [-0.15, -0.1) is 0 Å². The largest absolute Gasteiger partial charge is 0.489 e. The van der Waals surface area contributed by atoms with Crippen LogP contribution in [-0.2, 0) is 6.42 Å². The van der Waals surface area contributed by atoms with Crippen molar-refractivity contribution >= 4 is 6.03 Å². The monoisotopic (exact) mass is 338 g/mol. The maximum absolute atomic E-state index is 13.4. The average Bonchev–Trinajstić information content (AvgIpc) is 2.55. The van der Waals surface area contributed by atoms with E-state index in [1.165, 1.54) is 12.1 Å². The lowest BCUT2D eigenvalue weighted by atomic mass is 10.1. The van der Waals surface area contributed by atoms with E-state index in [1.54, 1.807) is 18.2 Å². The zero-order valence-electron chi connectivity index (χ0n) is 12.8. The maximum atomic E-state index is 13.4. The summed E-state index contributed by atoms with van der Waals surface area (Å²) in [6, 6.07) is 8.89. The molecule has 7 heteroatoms. The van der Waals surface area contributed by atoms with Crippen LogP contribution in [0.2, 0.25) is 0 Å². The molecule has 0 atom stereocenters. The molecule has 2 N–H and O–H groups in total. The highest BCUT2D eigenvalue weighted by atomic mass is 19.1. The first-order chi connectivity index (χ1) is 11.6. The number of amides is 2. The minimum absolute atomic E-state index is 0.0310. The van der Waals surface area contributed by atoms with Crippen molar-refractivity contribution in [3.8, 4) is 5.75 Å². The van der Waals surface area contributed by atoms with Crippen LogP contribution >= 0.6 is 0 Å². The third-order valence-corrected chi connectivity index (χ3v) is 3.18. The molecule has 0 saturated heterocycles. The number of urea groups is 1. The normalized spacial score (nSPS) is 10.3. The number of benzene rings is 2. The molecule has 0 aliphatic rings. The van der Waals surface area contributed by atoms with Gasteiger partial charge in [-0.3, -0.25) is 0 Å². The standard InChI is InChI=1S/C17H17F3N2O2/c18-13-5-6-16(15(20)11-13)24-10-9-22-17(23)21-8-7-12-3-1-2-4-14(12)19/h1-6,11H,7-10H2,(H2,21,22,23). The first-order valence-electron chi connectivity index (χ1n) is 7.39. The fraction of sp³-hybridized carbons (Fsp3) is 0.235. The molecule has 0 bridgehead atoms. The molecule has 0 aromatic heterocycles. The topological polar surface area (TPSA) is 50.4 Å². The van der Waals surface area contributed by atoms with E-state index < -0.39 is 17.7 Å². The minimum atomic E-state index is -0.802. The Labute approximate surface area is 137 Å². The summed E-state index contributed by atoms with van der Waals surface area (Å²) >= 11 is 0. The summed E-state index contributed by atoms with van der Waals surface area (Å²) in [5, 5.41) is 5.10. The van der Waals surface area contributed by atoms with Gasteiger partial charge in [0.25, 0.3) is 0 Å². The van der Waals surface area contributed by atoms with Gasteiger partial charge in [-0.2, -0.15) is 0 Å². The fourth-order valence-electron chi connectivity index (χ4n) is 1.99. The average molecular weight is 338 g/mol. The van der Waals surface area contributed by atoms with E-state index in [9.17, 15) is 18.0 Å². The molecule has 128 valence electrons. The van der Waals surface area contributed by atoms with Gasteiger partial charge in [0.05, 0.1) is 6.54 Å². The minimum Gasteiger partial charge on any atom is -0.489 e. The summed E-state index contributed by atoms with van der Waals surface area (Å²) in [6.07, 6.45) is 0.372. The summed E-state index contributed by atoms with van der Waals surface area (Å²) in [6.45, 7) is 0.450. The van der Waals surface area contributed by atoms with Gasteiger partial charge in [-0.25, -0.2) is 18.0 Å². The zero-order chi connectivity index (χ0) is 17.4. The molecule has 0 spiro atoms. The summed E-state index contributed by atoms with van der Waals surface area (Å²) in [4.78, 5) is 11.5. The van der Waals surface area contributed by atoms with Crippen LogP contribution in [0, 0.1) is 17.5 Å². The third kappa shape index (κ3) is 5.49. The Morgan fingerprint density at radius 3 is 2.46 bits per heavy atom. The Balaban J connectivity index is 1.62. The van der Waals surface area contributed by atoms with Crippen molar-refractivity contribution in [1.82, 2.24) is 10.6 Å². The van der Waals surface area contributed by atoms with Gasteiger partial charge < -0.3 is 15.4 Å². The molecule has 0 unspecified atom stereocenters. The molecule has 0 saturated carbocycles. The number of halogens is 3. The van der Waals surface area contributed by atoms with Gasteiger partial charge in [0.2, 0.25) is 0 Å². The molecule has 2 aromatic carbocycles. The van der Waals surface area contributed by atoms with E-state index in [4.69, 9.17) is 4.74 Å². The quantitative estimate of drug-likeness (QED) is 0.763. The number of carbonyl (C=O) groups excluding carboxylic acids is 1. The molecule has 2 rings (SSSR count). The maximum Gasteiger partial charge on any atom is 0.314 e. The molecule has 0 aliphatic carbocycles. The van der Waals surface area contributed by atoms with Crippen molar-refractivity contribution in [1.29, 1.82) is 0 Å². The predicted octanol–water partition coefficient (Wildman–Crippen LogP) is 3.02. The van der Waals surface area contributed by atoms with E-state index in [-0.39, 0.29) is 31.3 Å².